The highest BCUT2D eigenvalue weighted by Gasteiger charge is 2.13. The Morgan fingerprint density at radius 3 is 2.90 bits per heavy atom. The lowest BCUT2D eigenvalue weighted by molar-refractivity contribution is 0.0394. The number of ether oxygens (including phenoxy) is 1. The summed E-state index contributed by atoms with van der Waals surface area (Å²) in [5.74, 6) is -0.491. The van der Waals surface area contributed by atoms with Gasteiger partial charge in [-0.1, -0.05) is 11.6 Å². The molecule has 1 heterocycles. The molecule has 1 aromatic carbocycles. The predicted octanol–water partition coefficient (Wildman–Crippen LogP) is 1.62. The van der Waals surface area contributed by atoms with Crippen molar-refractivity contribution >= 4 is 23.2 Å². The number of carbonyl (C=O) groups is 1. The Morgan fingerprint density at radius 1 is 1.45 bits per heavy atom. The van der Waals surface area contributed by atoms with E-state index in [1.807, 2.05) is 0 Å². The highest BCUT2D eigenvalue weighted by Crippen LogP contribution is 2.20. The Bertz CT molecular complexity index is 462. The van der Waals surface area contributed by atoms with E-state index in [-0.39, 0.29) is 0 Å². The molecular weight excluding hydrogens is 278 g/mol. The van der Waals surface area contributed by atoms with Crippen LogP contribution < -0.4 is 16.4 Å². The van der Waals surface area contributed by atoms with Gasteiger partial charge in [0.15, 0.2) is 0 Å². The van der Waals surface area contributed by atoms with Crippen LogP contribution in [0.2, 0.25) is 5.02 Å². The van der Waals surface area contributed by atoms with E-state index in [0.717, 1.165) is 25.9 Å². The summed E-state index contributed by atoms with van der Waals surface area (Å²) in [7, 11) is 0. The maximum Gasteiger partial charge on any atom is 0.250 e. The molecule has 1 aliphatic heterocycles. The van der Waals surface area contributed by atoms with Crippen molar-refractivity contribution in [2.75, 3.05) is 31.6 Å². The van der Waals surface area contributed by atoms with Crippen molar-refractivity contribution in [1.82, 2.24) is 5.32 Å². The first-order valence-electron chi connectivity index (χ1n) is 6.82. The molecule has 0 aliphatic carbocycles. The van der Waals surface area contributed by atoms with Crippen LogP contribution in [0.3, 0.4) is 0 Å². The summed E-state index contributed by atoms with van der Waals surface area (Å²) in [6, 6.07) is 5.05. The van der Waals surface area contributed by atoms with Crippen molar-refractivity contribution < 1.29 is 9.53 Å². The molecule has 1 saturated heterocycles. The lowest BCUT2D eigenvalue weighted by Crippen LogP contribution is -2.33. The number of hydrogen-bond donors (Lipinski definition) is 3. The van der Waals surface area contributed by atoms with Crippen LogP contribution in [0.5, 0.6) is 0 Å². The number of nitrogens with one attached hydrogen (secondary N) is 2. The van der Waals surface area contributed by atoms with E-state index in [1.165, 1.54) is 0 Å². The third-order valence-electron chi connectivity index (χ3n) is 3.30. The minimum atomic E-state index is -0.491. The first-order chi connectivity index (χ1) is 9.66. The van der Waals surface area contributed by atoms with Crippen LogP contribution in [-0.2, 0) is 4.74 Å². The van der Waals surface area contributed by atoms with Gasteiger partial charge in [0.1, 0.15) is 0 Å². The molecule has 0 bridgehead atoms. The van der Waals surface area contributed by atoms with E-state index in [9.17, 15) is 4.79 Å². The molecule has 5 nitrogen and oxygen atoms in total. The molecule has 0 spiro atoms. The summed E-state index contributed by atoms with van der Waals surface area (Å²) < 4.78 is 5.78. The molecule has 0 atom stereocenters. The van der Waals surface area contributed by atoms with E-state index in [0.29, 0.717) is 35.5 Å². The van der Waals surface area contributed by atoms with Gasteiger partial charge in [0.2, 0.25) is 0 Å². The third-order valence-corrected chi connectivity index (χ3v) is 3.54. The van der Waals surface area contributed by atoms with Crippen molar-refractivity contribution in [3.05, 3.63) is 28.8 Å². The number of amides is 1. The molecule has 0 radical (unpaired) electrons. The Hall–Kier alpha value is -1.30. The van der Waals surface area contributed by atoms with Crippen LogP contribution in [0.1, 0.15) is 23.2 Å². The van der Waals surface area contributed by atoms with Crippen molar-refractivity contribution in [1.29, 1.82) is 0 Å². The first kappa shape index (κ1) is 15.1. The highest BCUT2D eigenvalue weighted by atomic mass is 35.5. The maximum absolute atomic E-state index is 11.3. The minimum Gasteiger partial charge on any atom is -0.382 e. The molecule has 6 heteroatoms. The standard InChI is InChI=1S/C14H20ClN3O2/c15-10-1-2-13(12(9-10)14(16)19)18-7-8-20-11-3-5-17-6-4-11/h1-2,9,11,17-18H,3-8H2,(H2,16,19). The maximum atomic E-state index is 11.3. The Kier molecular flexibility index (Phi) is 5.64. The summed E-state index contributed by atoms with van der Waals surface area (Å²) in [6.45, 7) is 3.26. The van der Waals surface area contributed by atoms with Crippen LogP contribution in [0, 0.1) is 0 Å². The summed E-state index contributed by atoms with van der Waals surface area (Å²) in [6.07, 6.45) is 2.43. The van der Waals surface area contributed by atoms with Crippen LogP contribution in [0.15, 0.2) is 18.2 Å². The SMILES string of the molecule is NC(=O)c1cc(Cl)ccc1NCCOC1CCNCC1. The smallest absolute Gasteiger partial charge is 0.250 e. The van der Waals surface area contributed by atoms with Crippen LogP contribution in [0.4, 0.5) is 5.69 Å². The van der Waals surface area contributed by atoms with Crippen LogP contribution in [0.25, 0.3) is 0 Å². The number of hydrogen-bond acceptors (Lipinski definition) is 4. The number of rotatable bonds is 6. The van der Waals surface area contributed by atoms with Gasteiger partial charge in [-0.15, -0.1) is 0 Å². The van der Waals surface area contributed by atoms with Gasteiger partial charge in [-0.05, 0) is 44.1 Å². The molecule has 1 aromatic rings. The normalized spacial score (nSPS) is 16.1. The van der Waals surface area contributed by atoms with Crippen molar-refractivity contribution in [3.8, 4) is 0 Å². The van der Waals surface area contributed by atoms with E-state index in [2.05, 4.69) is 10.6 Å². The first-order valence-corrected chi connectivity index (χ1v) is 7.20. The van der Waals surface area contributed by atoms with E-state index >= 15 is 0 Å². The molecule has 0 unspecified atom stereocenters. The average Bonchev–Trinajstić information content (AvgIpc) is 2.45. The van der Waals surface area contributed by atoms with Crippen LogP contribution in [-0.4, -0.2) is 38.3 Å². The number of anilines is 1. The fourth-order valence-corrected chi connectivity index (χ4v) is 2.42. The lowest BCUT2D eigenvalue weighted by Gasteiger charge is -2.23. The van der Waals surface area contributed by atoms with Gasteiger partial charge in [-0.25, -0.2) is 0 Å². The topological polar surface area (TPSA) is 76.4 Å². The Morgan fingerprint density at radius 2 is 2.20 bits per heavy atom. The van der Waals surface area contributed by atoms with Gasteiger partial charge in [0.05, 0.1) is 18.3 Å². The summed E-state index contributed by atoms with van der Waals surface area (Å²) in [5.41, 5.74) is 6.42. The van der Waals surface area contributed by atoms with Gasteiger partial charge in [0, 0.05) is 17.3 Å². The summed E-state index contributed by atoms with van der Waals surface area (Å²) >= 11 is 5.86. The zero-order valence-corrected chi connectivity index (χ0v) is 12.1. The lowest BCUT2D eigenvalue weighted by atomic mass is 10.1. The van der Waals surface area contributed by atoms with E-state index in [4.69, 9.17) is 22.1 Å². The van der Waals surface area contributed by atoms with Crippen molar-refractivity contribution in [2.24, 2.45) is 5.73 Å². The average molecular weight is 298 g/mol. The monoisotopic (exact) mass is 297 g/mol. The second-order valence-corrected chi connectivity index (χ2v) is 5.24. The molecule has 0 saturated carbocycles. The number of primary amides is 1. The number of nitrogens with two attached hydrogens (primary N) is 1. The Labute approximate surface area is 123 Å². The number of piperidine rings is 1. The minimum absolute atomic E-state index is 0.332. The fourth-order valence-electron chi connectivity index (χ4n) is 2.25. The van der Waals surface area contributed by atoms with Gasteiger partial charge in [-0.3, -0.25) is 4.79 Å². The summed E-state index contributed by atoms with van der Waals surface area (Å²) in [4.78, 5) is 11.3. The molecule has 1 fully saturated rings. The van der Waals surface area contributed by atoms with Crippen molar-refractivity contribution in [3.63, 3.8) is 0 Å². The van der Waals surface area contributed by atoms with Crippen molar-refractivity contribution in [2.45, 2.75) is 18.9 Å². The highest BCUT2D eigenvalue weighted by molar-refractivity contribution is 6.31. The van der Waals surface area contributed by atoms with Gasteiger partial charge >= 0.3 is 0 Å². The zero-order valence-electron chi connectivity index (χ0n) is 11.3. The Balaban J connectivity index is 1.80. The van der Waals surface area contributed by atoms with E-state index in [1.54, 1.807) is 18.2 Å². The van der Waals surface area contributed by atoms with Gasteiger partial charge < -0.3 is 21.1 Å². The third kappa shape index (κ3) is 4.37. The van der Waals surface area contributed by atoms with Crippen LogP contribution >= 0.6 is 11.6 Å². The van der Waals surface area contributed by atoms with Gasteiger partial charge in [-0.2, -0.15) is 0 Å². The molecule has 1 aliphatic rings. The molecular formula is C14H20ClN3O2. The van der Waals surface area contributed by atoms with E-state index < -0.39 is 5.91 Å². The zero-order chi connectivity index (χ0) is 14.4. The molecule has 0 aromatic heterocycles. The van der Waals surface area contributed by atoms with Gasteiger partial charge in [0.25, 0.3) is 5.91 Å². The molecule has 110 valence electrons. The fraction of sp³-hybridized carbons (Fsp3) is 0.500. The second kappa shape index (κ2) is 7.47. The predicted molar refractivity (Wildman–Crippen MR) is 80.3 cm³/mol. The number of halogens is 1. The summed E-state index contributed by atoms with van der Waals surface area (Å²) in [5, 5.41) is 6.95. The molecule has 4 N–H and O–H groups in total. The second-order valence-electron chi connectivity index (χ2n) is 4.80. The largest absolute Gasteiger partial charge is 0.382 e. The molecule has 2 rings (SSSR count). The molecule has 1 amide bonds. The quantitative estimate of drug-likeness (QED) is 0.697. The number of carbonyl (C=O) groups excluding carboxylic acids is 1. The number of benzene rings is 1. The molecule has 20 heavy (non-hydrogen) atoms.